The summed E-state index contributed by atoms with van der Waals surface area (Å²) in [5, 5.41) is 8.72. The number of nitriles is 1. The van der Waals surface area contributed by atoms with Crippen molar-refractivity contribution < 1.29 is 9.13 Å². The first-order chi connectivity index (χ1) is 9.51. The summed E-state index contributed by atoms with van der Waals surface area (Å²) in [6, 6.07) is 9.49. The summed E-state index contributed by atoms with van der Waals surface area (Å²) in [6.07, 6.45) is -0.436. The molecule has 6 heteroatoms. The second-order valence-electron chi connectivity index (χ2n) is 4.30. The lowest BCUT2D eigenvalue weighted by Gasteiger charge is -2.21. The molecule has 0 saturated heterocycles. The van der Waals surface area contributed by atoms with Crippen molar-refractivity contribution in [3.63, 3.8) is 0 Å². The van der Waals surface area contributed by atoms with E-state index in [0.29, 0.717) is 0 Å². The van der Waals surface area contributed by atoms with E-state index >= 15 is 0 Å². The average Bonchev–Trinajstić information content (AvgIpc) is 2.83. The number of benzene rings is 1. The predicted molar refractivity (Wildman–Crippen MR) is 80.2 cm³/mol. The topological polar surface area (TPSA) is 59.0 Å². The Bertz CT molecular complexity index is 651. The van der Waals surface area contributed by atoms with Crippen molar-refractivity contribution in [1.29, 1.82) is 5.26 Å². The lowest BCUT2D eigenvalue weighted by Crippen LogP contribution is -2.28. The van der Waals surface area contributed by atoms with E-state index in [2.05, 4.69) is 15.9 Å². The Balaban J connectivity index is 2.27. The first-order valence-corrected chi connectivity index (χ1v) is 7.49. The van der Waals surface area contributed by atoms with Crippen LogP contribution in [0.2, 0.25) is 0 Å². The molecule has 0 aliphatic rings. The molecule has 0 fully saturated rings. The molecule has 2 N–H and O–H groups in total. The van der Waals surface area contributed by atoms with E-state index in [0.717, 1.165) is 14.7 Å². The van der Waals surface area contributed by atoms with Gasteiger partial charge in [0.25, 0.3) is 0 Å². The minimum atomic E-state index is -0.565. The first-order valence-electron chi connectivity index (χ1n) is 5.88. The fraction of sp³-hybridized carbons (Fsp3) is 0.214. The molecule has 1 aromatic heterocycles. The highest BCUT2D eigenvalue weighted by Gasteiger charge is 2.21. The molecule has 0 bridgehead atoms. The van der Waals surface area contributed by atoms with E-state index in [1.54, 1.807) is 6.92 Å². The summed E-state index contributed by atoms with van der Waals surface area (Å²) < 4.78 is 20.5. The molecule has 1 heterocycles. The molecule has 2 aromatic rings. The van der Waals surface area contributed by atoms with Gasteiger partial charge in [0.05, 0.1) is 15.4 Å². The molecular weight excluding hydrogens is 343 g/mol. The molecule has 2 rings (SSSR count). The molecule has 0 aliphatic heterocycles. The molecule has 2 unspecified atom stereocenters. The zero-order chi connectivity index (χ0) is 14.7. The smallest absolute Gasteiger partial charge is 0.166 e. The minimum Gasteiger partial charge on any atom is -0.480 e. The van der Waals surface area contributed by atoms with E-state index < -0.39 is 11.9 Å². The first kappa shape index (κ1) is 15.0. The zero-order valence-electron chi connectivity index (χ0n) is 10.6. The monoisotopic (exact) mass is 354 g/mol. The van der Waals surface area contributed by atoms with Gasteiger partial charge >= 0.3 is 0 Å². The predicted octanol–water partition coefficient (Wildman–Crippen LogP) is 3.99. The van der Waals surface area contributed by atoms with E-state index in [4.69, 9.17) is 15.7 Å². The van der Waals surface area contributed by atoms with Crippen LogP contribution in [0.4, 0.5) is 4.39 Å². The van der Waals surface area contributed by atoms with Crippen LogP contribution in [0.3, 0.4) is 0 Å². The van der Waals surface area contributed by atoms with E-state index in [9.17, 15) is 4.39 Å². The van der Waals surface area contributed by atoms with Crippen LogP contribution in [0.5, 0.6) is 5.75 Å². The number of nitrogens with zero attached hydrogens (tertiary/aromatic N) is 1. The molecule has 20 heavy (non-hydrogen) atoms. The van der Waals surface area contributed by atoms with Gasteiger partial charge in [-0.15, -0.1) is 11.3 Å². The van der Waals surface area contributed by atoms with Crippen LogP contribution >= 0.6 is 27.3 Å². The SMILES string of the molecule is CC(N)C(Oc1ccc(C#N)cc1F)c1ccc(Br)s1. The minimum absolute atomic E-state index is 0.0934. The van der Waals surface area contributed by atoms with E-state index in [-0.39, 0.29) is 17.4 Å². The second kappa shape index (κ2) is 6.35. The zero-order valence-corrected chi connectivity index (χ0v) is 13.0. The summed E-state index contributed by atoms with van der Waals surface area (Å²) >= 11 is 4.87. The lowest BCUT2D eigenvalue weighted by molar-refractivity contribution is 0.176. The highest BCUT2D eigenvalue weighted by Crippen LogP contribution is 2.33. The number of ether oxygens (including phenoxy) is 1. The number of thiophene rings is 1. The van der Waals surface area contributed by atoms with Gasteiger partial charge in [-0.05, 0) is 53.2 Å². The maximum Gasteiger partial charge on any atom is 0.166 e. The number of hydrogen-bond donors (Lipinski definition) is 1. The standard InChI is InChI=1S/C14H12BrFN2OS/c1-8(18)14(12-4-5-13(15)20-12)19-11-3-2-9(7-17)6-10(11)16/h2-6,8,14H,18H2,1H3. The third-order valence-electron chi connectivity index (χ3n) is 2.67. The van der Waals surface area contributed by atoms with Crippen LogP contribution in [-0.4, -0.2) is 6.04 Å². The highest BCUT2D eigenvalue weighted by atomic mass is 79.9. The summed E-state index contributed by atoms with van der Waals surface area (Å²) in [6.45, 7) is 1.81. The quantitative estimate of drug-likeness (QED) is 0.902. The third-order valence-corrected chi connectivity index (χ3v) is 4.35. The van der Waals surface area contributed by atoms with Gasteiger partial charge < -0.3 is 10.5 Å². The largest absolute Gasteiger partial charge is 0.480 e. The van der Waals surface area contributed by atoms with Gasteiger partial charge in [0.1, 0.15) is 6.10 Å². The molecule has 3 nitrogen and oxygen atoms in total. The van der Waals surface area contributed by atoms with Crippen molar-refractivity contribution in [2.75, 3.05) is 0 Å². The van der Waals surface area contributed by atoms with Crippen molar-refractivity contribution in [2.45, 2.75) is 19.1 Å². The lowest BCUT2D eigenvalue weighted by atomic mass is 10.1. The molecular formula is C14H12BrFN2OS. The Morgan fingerprint density at radius 3 is 2.65 bits per heavy atom. The van der Waals surface area contributed by atoms with Gasteiger partial charge in [-0.25, -0.2) is 4.39 Å². The third kappa shape index (κ3) is 3.37. The van der Waals surface area contributed by atoms with Gasteiger partial charge in [-0.1, -0.05) is 0 Å². The molecule has 0 saturated carbocycles. The summed E-state index contributed by atoms with van der Waals surface area (Å²) in [7, 11) is 0. The number of rotatable bonds is 4. The number of halogens is 2. The second-order valence-corrected chi connectivity index (χ2v) is 6.79. The Hall–Kier alpha value is -1.42. The fourth-order valence-electron chi connectivity index (χ4n) is 1.71. The summed E-state index contributed by atoms with van der Waals surface area (Å²) in [4.78, 5) is 0.913. The van der Waals surface area contributed by atoms with Crippen molar-refractivity contribution >= 4 is 27.3 Å². The molecule has 104 valence electrons. The van der Waals surface area contributed by atoms with Gasteiger partial charge in [0, 0.05) is 10.9 Å². The molecule has 0 spiro atoms. The van der Waals surface area contributed by atoms with Crippen molar-refractivity contribution in [2.24, 2.45) is 5.73 Å². The van der Waals surface area contributed by atoms with Crippen LogP contribution in [-0.2, 0) is 0 Å². The van der Waals surface area contributed by atoms with Crippen molar-refractivity contribution in [3.8, 4) is 11.8 Å². The van der Waals surface area contributed by atoms with Gasteiger partial charge in [-0.3, -0.25) is 0 Å². The van der Waals surface area contributed by atoms with Gasteiger partial charge in [-0.2, -0.15) is 5.26 Å². The van der Waals surface area contributed by atoms with E-state index in [1.807, 2.05) is 18.2 Å². The van der Waals surface area contributed by atoms with Crippen molar-refractivity contribution in [1.82, 2.24) is 0 Å². The Morgan fingerprint density at radius 1 is 1.40 bits per heavy atom. The normalized spacial score (nSPS) is 13.6. The molecule has 2 atom stereocenters. The molecule has 0 amide bonds. The summed E-state index contributed by atoms with van der Waals surface area (Å²) in [5.74, 6) is -0.471. The van der Waals surface area contributed by atoms with Crippen LogP contribution in [0, 0.1) is 17.1 Å². The maximum absolute atomic E-state index is 13.9. The fourth-order valence-corrected chi connectivity index (χ4v) is 3.28. The van der Waals surface area contributed by atoms with Crippen molar-refractivity contribution in [3.05, 3.63) is 50.4 Å². The van der Waals surface area contributed by atoms with Crippen LogP contribution in [0.15, 0.2) is 34.1 Å². The summed E-state index contributed by atoms with van der Waals surface area (Å²) in [5.41, 5.74) is 6.18. The molecule has 0 aliphatic carbocycles. The van der Waals surface area contributed by atoms with Gasteiger partial charge in [0.15, 0.2) is 11.6 Å². The van der Waals surface area contributed by atoms with Crippen LogP contribution < -0.4 is 10.5 Å². The van der Waals surface area contributed by atoms with Gasteiger partial charge in [0.2, 0.25) is 0 Å². The van der Waals surface area contributed by atoms with Crippen LogP contribution in [0.25, 0.3) is 0 Å². The Morgan fingerprint density at radius 2 is 2.15 bits per heavy atom. The Labute approximate surface area is 128 Å². The van der Waals surface area contributed by atoms with E-state index in [1.165, 1.54) is 23.5 Å². The Kier molecular flexibility index (Phi) is 4.76. The van der Waals surface area contributed by atoms with Crippen LogP contribution in [0.1, 0.15) is 23.5 Å². The number of hydrogen-bond acceptors (Lipinski definition) is 4. The number of nitrogens with two attached hydrogens (primary N) is 1. The molecule has 0 radical (unpaired) electrons. The maximum atomic E-state index is 13.9. The molecule has 1 aromatic carbocycles. The average molecular weight is 355 g/mol. The highest BCUT2D eigenvalue weighted by molar-refractivity contribution is 9.11.